The molecule has 4 rings (SSSR count). The van der Waals surface area contributed by atoms with E-state index in [0.29, 0.717) is 18.8 Å². The lowest BCUT2D eigenvalue weighted by Gasteiger charge is -2.16. The number of nitrogens with zero attached hydrogens (tertiary/aromatic N) is 1. The Morgan fingerprint density at radius 1 is 1.10 bits per heavy atom. The fraction of sp³-hybridized carbons (Fsp3) is 0.435. The van der Waals surface area contributed by atoms with Crippen LogP contribution >= 0.6 is 0 Å². The Morgan fingerprint density at radius 3 is 2.55 bits per heavy atom. The first-order valence-corrected chi connectivity index (χ1v) is 11.9. The van der Waals surface area contributed by atoms with E-state index in [1.807, 2.05) is 18.2 Å². The molecule has 8 heteroatoms. The molecule has 166 valence electrons. The third-order valence-corrected chi connectivity index (χ3v) is 6.56. The number of aryl methyl sites for hydroxylation is 2. The van der Waals surface area contributed by atoms with Crippen molar-refractivity contribution in [3.05, 3.63) is 58.1 Å². The Kier molecular flexibility index (Phi) is 7.21. The van der Waals surface area contributed by atoms with Crippen molar-refractivity contribution in [3.63, 3.8) is 0 Å². The van der Waals surface area contributed by atoms with Gasteiger partial charge in [0.15, 0.2) is 0 Å². The highest BCUT2D eigenvalue weighted by atomic mass is 32.2. The van der Waals surface area contributed by atoms with E-state index in [1.54, 1.807) is 13.2 Å². The van der Waals surface area contributed by atoms with Gasteiger partial charge in [-0.2, -0.15) is 0 Å². The molecule has 3 N–H and O–H groups in total. The van der Waals surface area contributed by atoms with E-state index in [0.717, 1.165) is 56.3 Å². The molecular formula is C23H29N4O3S-. The Hall–Kier alpha value is -2.42. The van der Waals surface area contributed by atoms with Crippen LogP contribution in [0.25, 0.3) is 0 Å². The molecule has 0 unspecified atom stereocenters. The molecular weight excluding hydrogens is 412 g/mol. The van der Waals surface area contributed by atoms with Crippen LogP contribution in [-0.4, -0.2) is 26.3 Å². The van der Waals surface area contributed by atoms with Gasteiger partial charge in [0.25, 0.3) is 0 Å². The molecule has 2 aromatic carbocycles. The van der Waals surface area contributed by atoms with Crippen LogP contribution in [0.2, 0.25) is 0 Å². The predicted molar refractivity (Wildman–Crippen MR) is 124 cm³/mol. The van der Waals surface area contributed by atoms with E-state index in [9.17, 15) is 9.00 Å². The number of hydrogen-bond acceptors (Lipinski definition) is 5. The molecule has 0 fully saturated rings. The van der Waals surface area contributed by atoms with Crippen molar-refractivity contribution < 1.29 is 13.7 Å². The van der Waals surface area contributed by atoms with Crippen molar-refractivity contribution >= 4 is 28.2 Å². The third-order valence-electron chi connectivity index (χ3n) is 5.82. The molecule has 0 aromatic heterocycles. The van der Waals surface area contributed by atoms with Gasteiger partial charge in [0.2, 0.25) is 0 Å². The summed E-state index contributed by atoms with van der Waals surface area (Å²) < 4.78 is 24.1. The van der Waals surface area contributed by atoms with E-state index in [-0.39, 0.29) is 0 Å². The second kappa shape index (κ2) is 10.3. The molecule has 2 aliphatic rings. The number of methoxy groups -OCH3 is 1. The number of amides is 2. The number of fused-ring (bicyclic) bond motifs is 2. The van der Waals surface area contributed by atoms with Crippen LogP contribution in [0, 0.1) is 0 Å². The zero-order chi connectivity index (χ0) is 21.6. The Bertz CT molecular complexity index is 1020. The minimum atomic E-state index is -1.87. The SMILES string of the molecule is COCCNCc1cccc(N[S-](=O)=NC(=O)Nc2c3c(cc4c2CCC4)CCC3)c1. The zero-order valence-corrected chi connectivity index (χ0v) is 18.6. The molecule has 31 heavy (non-hydrogen) atoms. The lowest BCUT2D eigenvalue weighted by molar-refractivity contribution is 0.199. The lowest BCUT2D eigenvalue weighted by atomic mass is 9.99. The number of anilines is 2. The van der Waals surface area contributed by atoms with Gasteiger partial charge in [0.1, 0.15) is 0 Å². The molecule has 0 spiro atoms. The van der Waals surface area contributed by atoms with Gasteiger partial charge in [0.05, 0.1) is 6.61 Å². The summed E-state index contributed by atoms with van der Waals surface area (Å²) >= 11 is 0. The van der Waals surface area contributed by atoms with Crippen LogP contribution in [0.15, 0.2) is 34.7 Å². The summed E-state index contributed by atoms with van der Waals surface area (Å²) in [6, 6.07) is 9.30. The number of nitrogens with one attached hydrogen (secondary N) is 3. The van der Waals surface area contributed by atoms with Crippen LogP contribution < -0.4 is 15.4 Å². The molecule has 2 aromatic rings. The van der Waals surface area contributed by atoms with Gasteiger partial charge in [0, 0.05) is 31.6 Å². The van der Waals surface area contributed by atoms with Gasteiger partial charge in [-0.25, -0.2) is 4.79 Å². The van der Waals surface area contributed by atoms with Crippen molar-refractivity contribution in [1.82, 2.24) is 5.32 Å². The molecule has 0 saturated heterocycles. The van der Waals surface area contributed by atoms with E-state index in [1.165, 1.54) is 22.3 Å². The fourth-order valence-corrected chi connectivity index (χ4v) is 5.02. The van der Waals surface area contributed by atoms with Crippen LogP contribution in [0.5, 0.6) is 0 Å². The lowest BCUT2D eigenvalue weighted by Crippen LogP contribution is -2.18. The van der Waals surface area contributed by atoms with E-state index in [2.05, 4.69) is 25.8 Å². The Balaban J connectivity index is 1.41. The molecule has 2 amide bonds. The summed E-state index contributed by atoms with van der Waals surface area (Å²) in [5.74, 6) is 0. The van der Waals surface area contributed by atoms with Gasteiger partial charge in [-0.3, -0.25) is 4.36 Å². The van der Waals surface area contributed by atoms with Crippen molar-refractivity contribution in [2.75, 3.05) is 30.3 Å². The maximum absolute atomic E-state index is 12.5. The largest absolute Gasteiger partial charge is 0.435 e. The summed E-state index contributed by atoms with van der Waals surface area (Å²) in [6.45, 7) is 2.07. The smallest absolute Gasteiger partial charge is 0.323 e. The quantitative estimate of drug-likeness (QED) is 0.425. The first-order chi connectivity index (χ1) is 15.1. The van der Waals surface area contributed by atoms with Crippen LogP contribution in [-0.2, 0) is 52.0 Å². The number of rotatable bonds is 8. The summed E-state index contributed by atoms with van der Waals surface area (Å²) in [6.07, 6.45) is 6.31. The van der Waals surface area contributed by atoms with Crippen LogP contribution in [0.1, 0.15) is 40.7 Å². The topological polar surface area (TPSA) is 91.8 Å². The minimum absolute atomic E-state index is 0.572. The number of benzene rings is 2. The molecule has 0 heterocycles. The second-order valence-electron chi connectivity index (χ2n) is 7.98. The highest BCUT2D eigenvalue weighted by molar-refractivity contribution is 7.76. The van der Waals surface area contributed by atoms with Gasteiger partial charge in [-0.1, -0.05) is 29.0 Å². The monoisotopic (exact) mass is 441 g/mol. The molecule has 0 aliphatic heterocycles. The minimum Gasteiger partial charge on any atom is -0.435 e. The predicted octanol–water partition coefficient (Wildman–Crippen LogP) is 4.11. The molecule has 0 radical (unpaired) electrons. The molecule has 2 aliphatic carbocycles. The second-order valence-corrected chi connectivity index (χ2v) is 8.86. The zero-order valence-electron chi connectivity index (χ0n) is 17.8. The van der Waals surface area contributed by atoms with E-state index >= 15 is 0 Å². The van der Waals surface area contributed by atoms with Crippen molar-refractivity contribution in [1.29, 1.82) is 0 Å². The molecule has 0 bridgehead atoms. The van der Waals surface area contributed by atoms with Gasteiger partial charge >= 0.3 is 6.03 Å². The highest BCUT2D eigenvalue weighted by Crippen LogP contribution is 2.38. The first kappa shape index (κ1) is 21.8. The summed E-state index contributed by atoms with van der Waals surface area (Å²) in [7, 11) is -0.199. The van der Waals surface area contributed by atoms with Crippen molar-refractivity contribution in [2.45, 2.75) is 45.1 Å². The first-order valence-electron chi connectivity index (χ1n) is 10.8. The fourth-order valence-electron chi connectivity index (χ4n) is 4.45. The number of carbonyl (C=O) groups is 1. The maximum atomic E-state index is 12.5. The Morgan fingerprint density at radius 2 is 1.84 bits per heavy atom. The van der Waals surface area contributed by atoms with Gasteiger partial charge < -0.3 is 24.3 Å². The highest BCUT2D eigenvalue weighted by Gasteiger charge is 2.24. The number of hydrogen-bond donors (Lipinski definition) is 3. The number of carbonyl (C=O) groups excluding carboxylic acids is 1. The third kappa shape index (κ3) is 5.44. The van der Waals surface area contributed by atoms with Gasteiger partial charge in [-0.15, -0.1) is 0 Å². The standard InChI is InChI=1S/C23H29N4O3S/c1-30-12-11-24-15-16-5-2-8-19(13-16)26-31(29)27-23(28)25-22-20-9-3-6-17(20)14-18-7-4-10-21(18)22/h2,5,8,13-14,24H,3-4,6-7,9-12,15H2,1H3,(H2,25,26,27,28,29)/q-1. The summed E-state index contributed by atoms with van der Waals surface area (Å²) in [5, 5.41) is 6.22. The average molecular weight is 442 g/mol. The molecule has 7 nitrogen and oxygen atoms in total. The van der Waals surface area contributed by atoms with E-state index < -0.39 is 16.8 Å². The van der Waals surface area contributed by atoms with Gasteiger partial charge in [-0.05, 0) is 78.5 Å². The van der Waals surface area contributed by atoms with Crippen molar-refractivity contribution in [2.24, 2.45) is 4.36 Å². The number of urea groups is 1. The van der Waals surface area contributed by atoms with Crippen LogP contribution in [0.3, 0.4) is 0 Å². The molecule has 0 atom stereocenters. The van der Waals surface area contributed by atoms with Crippen molar-refractivity contribution in [3.8, 4) is 0 Å². The molecule has 0 saturated carbocycles. The summed E-state index contributed by atoms with van der Waals surface area (Å²) in [4.78, 5) is 12.5. The normalized spacial score (nSPS) is 15.5. The Labute approximate surface area is 185 Å². The summed E-state index contributed by atoms with van der Waals surface area (Å²) in [5.41, 5.74) is 7.75. The maximum Gasteiger partial charge on any atom is 0.323 e. The average Bonchev–Trinajstić information content (AvgIpc) is 3.40. The number of ether oxygens (including phenoxy) is 1. The van der Waals surface area contributed by atoms with E-state index in [4.69, 9.17) is 4.74 Å². The van der Waals surface area contributed by atoms with Crippen LogP contribution in [0.4, 0.5) is 16.2 Å².